The predicted octanol–water partition coefficient (Wildman–Crippen LogP) is -0.0763. The molecule has 0 bridgehead atoms. The SMILES string of the molecule is CC(NOCC(N)=O)c1ccc2[nH]c(=O)[nH]c2c1. The molecule has 0 saturated heterocycles. The fourth-order valence-electron chi connectivity index (χ4n) is 1.63. The van der Waals surface area contributed by atoms with E-state index in [0.717, 1.165) is 16.6 Å². The predicted molar refractivity (Wildman–Crippen MR) is 65.6 cm³/mol. The van der Waals surface area contributed by atoms with E-state index in [4.69, 9.17) is 10.6 Å². The second kappa shape index (κ2) is 5.03. The van der Waals surface area contributed by atoms with Crippen molar-refractivity contribution in [3.05, 3.63) is 34.2 Å². The molecule has 7 heteroatoms. The minimum absolute atomic E-state index is 0.132. The van der Waals surface area contributed by atoms with Crippen molar-refractivity contribution in [3.8, 4) is 0 Å². The molecule has 5 N–H and O–H groups in total. The van der Waals surface area contributed by atoms with Crippen LogP contribution in [0.5, 0.6) is 0 Å². The van der Waals surface area contributed by atoms with Gasteiger partial charge in [0.2, 0.25) is 5.91 Å². The Labute approximate surface area is 102 Å². The normalized spacial score (nSPS) is 12.7. The van der Waals surface area contributed by atoms with Crippen LogP contribution < -0.4 is 16.9 Å². The first-order valence-corrected chi connectivity index (χ1v) is 5.44. The zero-order valence-electron chi connectivity index (χ0n) is 9.82. The third kappa shape index (κ3) is 2.76. The second-order valence-corrected chi connectivity index (χ2v) is 3.98. The molecule has 1 aromatic carbocycles. The van der Waals surface area contributed by atoms with Crippen LogP contribution in [0.15, 0.2) is 23.0 Å². The van der Waals surface area contributed by atoms with Crippen molar-refractivity contribution in [2.45, 2.75) is 13.0 Å². The Morgan fingerprint density at radius 1 is 1.44 bits per heavy atom. The van der Waals surface area contributed by atoms with E-state index in [1.807, 2.05) is 19.1 Å². The number of hydroxylamine groups is 1. The third-order valence-electron chi connectivity index (χ3n) is 2.51. The summed E-state index contributed by atoms with van der Waals surface area (Å²) >= 11 is 0. The van der Waals surface area contributed by atoms with Crippen LogP contribution in [-0.2, 0) is 9.63 Å². The summed E-state index contributed by atoms with van der Waals surface area (Å²) in [6.07, 6.45) is 0. The molecule has 1 amide bonds. The van der Waals surface area contributed by atoms with Gasteiger partial charge in [0.1, 0.15) is 6.61 Å². The van der Waals surface area contributed by atoms with Crippen LogP contribution in [0.1, 0.15) is 18.5 Å². The molecule has 1 atom stereocenters. The molecule has 0 saturated carbocycles. The van der Waals surface area contributed by atoms with Crippen molar-refractivity contribution in [1.82, 2.24) is 15.4 Å². The molecule has 96 valence electrons. The van der Waals surface area contributed by atoms with E-state index in [9.17, 15) is 9.59 Å². The first-order valence-electron chi connectivity index (χ1n) is 5.44. The van der Waals surface area contributed by atoms with Gasteiger partial charge in [-0.15, -0.1) is 0 Å². The number of nitrogens with one attached hydrogen (secondary N) is 3. The maximum atomic E-state index is 11.1. The number of carbonyl (C=O) groups excluding carboxylic acids is 1. The minimum Gasteiger partial charge on any atom is -0.368 e. The Hall–Kier alpha value is -2.12. The molecule has 7 nitrogen and oxygen atoms in total. The lowest BCUT2D eigenvalue weighted by Crippen LogP contribution is -2.26. The highest BCUT2D eigenvalue weighted by Gasteiger charge is 2.07. The standard InChI is InChI=1S/C11H14N4O3/c1-6(15-18-5-10(12)16)7-2-3-8-9(4-7)14-11(17)13-8/h2-4,6,15H,5H2,1H3,(H2,12,16)(H2,13,14,17). The highest BCUT2D eigenvalue weighted by atomic mass is 16.6. The number of hydrogen-bond acceptors (Lipinski definition) is 4. The highest BCUT2D eigenvalue weighted by molar-refractivity contribution is 5.75. The Kier molecular flexibility index (Phi) is 3.45. The first kappa shape index (κ1) is 12.3. The van der Waals surface area contributed by atoms with Crippen molar-refractivity contribution >= 4 is 16.9 Å². The van der Waals surface area contributed by atoms with Gasteiger partial charge in [0, 0.05) is 0 Å². The number of nitrogens with two attached hydrogens (primary N) is 1. The number of H-pyrrole nitrogens is 2. The maximum Gasteiger partial charge on any atom is 0.323 e. The molecule has 1 aromatic heterocycles. The summed E-state index contributed by atoms with van der Waals surface area (Å²) in [5.41, 5.74) is 9.79. The summed E-state index contributed by atoms with van der Waals surface area (Å²) in [4.78, 5) is 31.9. The summed E-state index contributed by atoms with van der Waals surface area (Å²) in [5.74, 6) is -0.542. The number of carbonyl (C=O) groups is 1. The first-order chi connectivity index (χ1) is 8.56. The van der Waals surface area contributed by atoms with Gasteiger partial charge in [0.25, 0.3) is 0 Å². The van der Waals surface area contributed by atoms with Crippen LogP contribution in [-0.4, -0.2) is 22.5 Å². The van der Waals surface area contributed by atoms with Crippen LogP contribution in [0.25, 0.3) is 11.0 Å². The van der Waals surface area contributed by atoms with E-state index < -0.39 is 5.91 Å². The monoisotopic (exact) mass is 250 g/mol. The van der Waals surface area contributed by atoms with Crippen LogP contribution in [0.4, 0.5) is 0 Å². The van der Waals surface area contributed by atoms with Crippen molar-refractivity contribution in [1.29, 1.82) is 0 Å². The number of aromatic nitrogens is 2. The smallest absolute Gasteiger partial charge is 0.323 e. The summed E-state index contributed by atoms with van der Waals surface area (Å²) in [7, 11) is 0. The van der Waals surface area contributed by atoms with Crippen LogP contribution >= 0.6 is 0 Å². The fourth-order valence-corrected chi connectivity index (χ4v) is 1.63. The Morgan fingerprint density at radius 3 is 2.89 bits per heavy atom. The van der Waals surface area contributed by atoms with Crippen LogP contribution in [0.3, 0.4) is 0 Å². The Balaban J connectivity index is 2.09. The van der Waals surface area contributed by atoms with Gasteiger partial charge in [-0.1, -0.05) is 6.07 Å². The van der Waals surface area contributed by atoms with E-state index in [0.29, 0.717) is 0 Å². The van der Waals surface area contributed by atoms with Crippen molar-refractivity contribution in [3.63, 3.8) is 0 Å². The van der Waals surface area contributed by atoms with Gasteiger partial charge in [-0.05, 0) is 24.6 Å². The topological polar surface area (TPSA) is 113 Å². The van der Waals surface area contributed by atoms with E-state index in [1.165, 1.54) is 0 Å². The highest BCUT2D eigenvalue weighted by Crippen LogP contribution is 2.16. The molecule has 0 fully saturated rings. The van der Waals surface area contributed by atoms with Gasteiger partial charge >= 0.3 is 5.69 Å². The lowest BCUT2D eigenvalue weighted by Gasteiger charge is -2.13. The second-order valence-electron chi connectivity index (χ2n) is 3.98. The number of amides is 1. The zero-order chi connectivity index (χ0) is 13.1. The van der Waals surface area contributed by atoms with Crippen molar-refractivity contribution in [2.24, 2.45) is 5.73 Å². The molecule has 2 rings (SSSR count). The molecule has 0 radical (unpaired) electrons. The van der Waals surface area contributed by atoms with E-state index in [2.05, 4.69) is 15.4 Å². The number of imidazole rings is 1. The van der Waals surface area contributed by atoms with Crippen molar-refractivity contribution < 1.29 is 9.63 Å². The fraction of sp³-hybridized carbons (Fsp3) is 0.273. The quantitative estimate of drug-likeness (QED) is 0.556. The summed E-state index contributed by atoms with van der Waals surface area (Å²) in [5, 5.41) is 0. The van der Waals surface area contributed by atoms with Gasteiger partial charge in [-0.3, -0.25) is 9.63 Å². The van der Waals surface area contributed by atoms with E-state index in [-0.39, 0.29) is 18.3 Å². The lowest BCUT2D eigenvalue weighted by atomic mass is 10.1. The lowest BCUT2D eigenvalue weighted by molar-refractivity contribution is -0.126. The number of fused-ring (bicyclic) bond motifs is 1. The third-order valence-corrected chi connectivity index (χ3v) is 2.51. The summed E-state index contributed by atoms with van der Waals surface area (Å²) in [6, 6.07) is 5.36. The summed E-state index contributed by atoms with van der Waals surface area (Å²) in [6.45, 7) is 1.68. The number of rotatable bonds is 5. The molecule has 1 unspecified atom stereocenters. The van der Waals surface area contributed by atoms with Gasteiger partial charge in [-0.25, -0.2) is 4.79 Å². The molecule has 0 spiro atoms. The largest absolute Gasteiger partial charge is 0.368 e. The van der Waals surface area contributed by atoms with Crippen molar-refractivity contribution in [2.75, 3.05) is 6.61 Å². The molecular formula is C11H14N4O3. The average molecular weight is 250 g/mol. The molecule has 1 heterocycles. The molecule has 2 aromatic rings. The van der Waals surface area contributed by atoms with Gasteiger partial charge in [-0.2, -0.15) is 5.48 Å². The number of benzene rings is 1. The van der Waals surface area contributed by atoms with Gasteiger partial charge < -0.3 is 15.7 Å². The molecular weight excluding hydrogens is 236 g/mol. The molecule has 0 aliphatic carbocycles. The van der Waals surface area contributed by atoms with E-state index in [1.54, 1.807) is 6.07 Å². The molecule has 0 aliphatic heterocycles. The Morgan fingerprint density at radius 2 is 2.17 bits per heavy atom. The molecule has 18 heavy (non-hydrogen) atoms. The van der Waals surface area contributed by atoms with Gasteiger partial charge in [0.05, 0.1) is 17.1 Å². The number of primary amides is 1. The van der Waals surface area contributed by atoms with Crippen LogP contribution in [0, 0.1) is 0 Å². The Bertz CT molecular complexity index is 616. The van der Waals surface area contributed by atoms with Gasteiger partial charge in [0.15, 0.2) is 0 Å². The van der Waals surface area contributed by atoms with E-state index >= 15 is 0 Å². The number of hydrogen-bond donors (Lipinski definition) is 4. The molecule has 0 aliphatic rings. The zero-order valence-corrected chi connectivity index (χ0v) is 9.82. The average Bonchev–Trinajstić information content (AvgIpc) is 2.67. The summed E-state index contributed by atoms with van der Waals surface area (Å²) < 4.78 is 0. The maximum absolute atomic E-state index is 11.1. The number of aromatic amines is 2. The van der Waals surface area contributed by atoms with Crippen LogP contribution in [0.2, 0.25) is 0 Å². The minimum atomic E-state index is -0.542.